The first-order chi connectivity index (χ1) is 15.3. The van der Waals surface area contributed by atoms with Gasteiger partial charge in [0, 0.05) is 16.1 Å². The lowest BCUT2D eigenvalue weighted by Gasteiger charge is -2.22. The molecule has 1 unspecified atom stereocenters. The van der Waals surface area contributed by atoms with Crippen LogP contribution in [0.15, 0.2) is 48.5 Å². The van der Waals surface area contributed by atoms with Crippen molar-refractivity contribution >= 4 is 39.1 Å². The number of carbonyl (C=O) groups is 1. The lowest BCUT2D eigenvalue weighted by Crippen LogP contribution is -2.27. The van der Waals surface area contributed by atoms with E-state index in [-0.39, 0.29) is 17.8 Å². The van der Waals surface area contributed by atoms with Crippen LogP contribution in [0.5, 0.6) is 0 Å². The number of hydrogen-bond acceptors (Lipinski definition) is 7. The van der Waals surface area contributed by atoms with E-state index in [4.69, 9.17) is 5.26 Å². The maximum Gasteiger partial charge on any atom is 0.271 e. The van der Waals surface area contributed by atoms with E-state index in [1.165, 1.54) is 23.5 Å². The van der Waals surface area contributed by atoms with Crippen LogP contribution in [-0.2, 0) is 17.6 Å². The van der Waals surface area contributed by atoms with Gasteiger partial charge < -0.3 is 14.8 Å². The third kappa shape index (κ3) is 5.73. The van der Waals surface area contributed by atoms with Crippen LogP contribution in [0.3, 0.4) is 0 Å². The van der Waals surface area contributed by atoms with Crippen molar-refractivity contribution in [3.05, 3.63) is 75.8 Å². The summed E-state index contributed by atoms with van der Waals surface area (Å²) in [4.78, 5) is 19.1. The summed E-state index contributed by atoms with van der Waals surface area (Å²) in [5.74, 6) is -1.14. The van der Waals surface area contributed by atoms with Gasteiger partial charge in [-0.25, -0.2) is 13.8 Å². The van der Waals surface area contributed by atoms with E-state index < -0.39 is 29.3 Å². The highest BCUT2D eigenvalue weighted by molar-refractivity contribution is 7.79. The fraction of sp³-hybridized carbons (Fsp3) is 0.190. The van der Waals surface area contributed by atoms with Gasteiger partial charge >= 0.3 is 0 Å². The van der Waals surface area contributed by atoms with Gasteiger partial charge in [0.2, 0.25) is 0 Å². The molecule has 3 rings (SSSR count). The van der Waals surface area contributed by atoms with Crippen molar-refractivity contribution in [2.45, 2.75) is 19.9 Å². The Morgan fingerprint density at radius 3 is 2.47 bits per heavy atom. The molecular formula is C21H17F2N4O3S2-. The molecule has 0 fully saturated rings. The van der Waals surface area contributed by atoms with E-state index in [9.17, 15) is 22.3 Å². The van der Waals surface area contributed by atoms with Crippen molar-refractivity contribution in [1.29, 1.82) is 5.26 Å². The first kappa shape index (κ1) is 23.5. The molecule has 11 heteroatoms. The van der Waals surface area contributed by atoms with Gasteiger partial charge in [-0.15, -0.1) is 11.3 Å². The molecule has 1 atom stereocenters. The molecule has 0 radical (unpaired) electrons. The molecule has 0 bridgehead atoms. The van der Waals surface area contributed by atoms with Crippen molar-refractivity contribution in [3.8, 4) is 6.07 Å². The zero-order valence-electron chi connectivity index (χ0n) is 16.7. The van der Waals surface area contributed by atoms with Crippen molar-refractivity contribution in [2.24, 2.45) is 0 Å². The number of alkyl halides is 2. The lowest BCUT2D eigenvalue weighted by molar-refractivity contribution is 0.0955. The second-order valence-electron chi connectivity index (χ2n) is 6.64. The monoisotopic (exact) mass is 475 g/mol. The Labute approximate surface area is 189 Å². The van der Waals surface area contributed by atoms with Crippen molar-refractivity contribution in [3.63, 3.8) is 0 Å². The van der Waals surface area contributed by atoms with Crippen LogP contribution >= 0.6 is 11.3 Å². The number of nitrogens with one attached hydrogen (secondary N) is 1. The fourth-order valence-corrected chi connectivity index (χ4v) is 4.03. The zero-order valence-corrected chi connectivity index (χ0v) is 18.4. The Balaban J connectivity index is 1.95. The summed E-state index contributed by atoms with van der Waals surface area (Å²) in [5, 5.41) is 11.8. The first-order valence-electron chi connectivity index (χ1n) is 9.24. The van der Waals surface area contributed by atoms with Crippen LogP contribution in [0.4, 0.5) is 19.6 Å². The quantitative estimate of drug-likeness (QED) is 0.490. The largest absolute Gasteiger partial charge is 0.771 e. The minimum atomic E-state index is -2.56. The average molecular weight is 476 g/mol. The summed E-state index contributed by atoms with van der Waals surface area (Å²) in [6.07, 6.45) is -2.56. The second-order valence-corrected chi connectivity index (χ2v) is 8.72. The molecule has 7 nitrogen and oxygen atoms in total. The van der Waals surface area contributed by atoms with Gasteiger partial charge in [-0.1, -0.05) is 24.3 Å². The number of rotatable bonds is 8. The Morgan fingerprint density at radius 2 is 1.91 bits per heavy atom. The van der Waals surface area contributed by atoms with Gasteiger partial charge in [0.25, 0.3) is 12.3 Å². The van der Waals surface area contributed by atoms with E-state index in [2.05, 4.69) is 10.3 Å². The Kier molecular flexibility index (Phi) is 7.63. The topological polar surface area (TPSA) is 109 Å². The number of amides is 1. The number of halogens is 2. The summed E-state index contributed by atoms with van der Waals surface area (Å²) < 4.78 is 47.2. The number of hydrogen-bond donors (Lipinski definition) is 1. The number of benzene rings is 2. The summed E-state index contributed by atoms with van der Waals surface area (Å²) >= 11 is -1.20. The standard InChI is InChI=1S/C21H18F2N4O3S2/c1-13-18(20(28)25-12-32(29)30)26-21(31-13)27(17-8-4-14(10-24)5-9-17)11-15-2-6-16(7-3-15)19(22)23/h2-9,19H,11-12H2,1H3,(H,25,28)(H,29,30)/p-1. The molecule has 2 aromatic carbocycles. The van der Waals surface area contributed by atoms with E-state index >= 15 is 0 Å². The minimum Gasteiger partial charge on any atom is -0.771 e. The molecule has 0 aliphatic heterocycles. The summed E-state index contributed by atoms with van der Waals surface area (Å²) in [5.41, 5.74) is 1.90. The highest BCUT2D eigenvalue weighted by Crippen LogP contribution is 2.33. The predicted molar refractivity (Wildman–Crippen MR) is 117 cm³/mol. The highest BCUT2D eigenvalue weighted by atomic mass is 32.2. The molecule has 0 saturated heterocycles. The Morgan fingerprint density at radius 1 is 1.25 bits per heavy atom. The second kappa shape index (κ2) is 10.4. The number of carbonyl (C=O) groups excluding carboxylic acids is 1. The van der Waals surface area contributed by atoms with Gasteiger partial charge in [-0.3, -0.25) is 9.00 Å². The van der Waals surface area contributed by atoms with Crippen LogP contribution in [0, 0.1) is 18.3 Å². The van der Waals surface area contributed by atoms with Crippen LogP contribution in [0.1, 0.15) is 38.5 Å². The molecule has 0 saturated carbocycles. The smallest absolute Gasteiger partial charge is 0.271 e. The Bertz CT molecular complexity index is 1160. The van der Waals surface area contributed by atoms with E-state index in [0.29, 0.717) is 21.3 Å². The number of nitrogens with zero attached hydrogens (tertiary/aromatic N) is 3. The maximum atomic E-state index is 12.9. The van der Waals surface area contributed by atoms with Crippen molar-refractivity contribution in [2.75, 3.05) is 10.8 Å². The molecule has 1 aromatic heterocycles. The van der Waals surface area contributed by atoms with Gasteiger partial charge in [-0.05, 0) is 47.8 Å². The Hall–Kier alpha value is -3.20. The SMILES string of the molecule is Cc1sc(N(Cc2ccc(C(F)F)cc2)c2ccc(C#N)cc2)nc1C(=O)NCS(=O)[O-]. The van der Waals surface area contributed by atoms with Gasteiger partial charge in [0.05, 0.1) is 24.1 Å². The van der Waals surface area contributed by atoms with E-state index in [1.807, 2.05) is 6.07 Å². The molecular weight excluding hydrogens is 458 g/mol. The minimum absolute atomic E-state index is 0.0847. The summed E-state index contributed by atoms with van der Waals surface area (Å²) in [7, 11) is 0. The van der Waals surface area contributed by atoms with E-state index in [1.54, 1.807) is 48.2 Å². The van der Waals surface area contributed by atoms with Crippen LogP contribution in [0.25, 0.3) is 0 Å². The molecule has 0 aliphatic carbocycles. The maximum absolute atomic E-state index is 12.9. The summed E-state index contributed by atoms with van der Waals surface area (Å²) in [6.45, 7) is 1.96. The van der Waals surface area contributed by atoms with Gasteiger partial charge in [0.15, 0.2) is 5.13 Å². The lowest BCUT2D eigenvalue weighted by atomic mass is 10.1. The zero-order chi connectivity index (χ0) is 23.3. The number of nitriles is 1. The van der Waals surface area contributed by atoms with Gasteiger partial charge in [-0.2, -0.15) is 5.26 Å². The van der Waals surface area contributed by atoms with Crippen molar-refractivity contribution in [1.82, 2.24) is 10.3 Å². The number of thiazole rings is 1. The van der Waals surface area contributed by atoms with Gasteiger partial charge in [0.1, 0.15) is 5.69 Å². The first-order valence-corrected chi connectivity index (χ1v) is 11.3. The average Bonchev–Trinajstić information content (AvgIpc) is 3.17. The third-order valence-corrected chi connectivity index (χ3v) is 5.84. The fourth-order valence-electron chi connectivity index (χ4n) is 2.85. The van der Waals surface area contributed by atoms with E-state index in [0.717, 1.165) is 5.56 Å². The molecule has 3 aromatic rings. The van der Waals surface area contributed by atoms with Crippen LogP contribution < -0.4 is 10.2 Å². The molecule has 1 N–H and O–H groups in total. The van der Waals surface area contributed by atoms with Crippen LogP contribution in [0.2, 0.25) is 0 Å². The number of aryl methyl sites for hydroxylation is 1. The molecule has 0 spiro atoms. The molecule has 32 heavy (non-hydrogen) atoms. The predicted octanol–water partition coefficient (Wildman–Crippen LogP) is 4.17. The van der Waals surface area contributed by atoms with Crippen molar-refractivity contribution < 1.29 is 22.3 Å². The number of aromatic nitrogens is 1. The number of anilines is 2. The normalized spacial score (nSPS) is 11.8. The molecule has 1 amide bonds. The summed E-state index contributed by atoms with van der Waals surface area (Å²) in [6, 6.07) is 14.7. The van der Waals surface area contributed by atoms with Crippen LogP contribution in [-0.4, -0.2) is 25.5 Å². The third-order valence-electron chi connectivity index (χ3n) is 4.46. The molecule has 0 aliphatic rings. The molecule has 166 valence electrons. The highest BCUT2D eigenvalue weighted by Gasteiger charge is 2.21. The molecule has 1 heterocycles.